The van der Waals surface area contributed by atoms with Crippen molar-refractivity contribution in [1.29, 1.82) is 5.26 Å². The molecule has 0 aromatic heterocycles. The highest BCUT2D eigenvalue weighted by Crippen LogP contribution is 2.32. The van der Waals surface area contributed by atoms with Gasteiger partial charge in [-0.3, -0.25) is 4.28 Å². The predicted octanol–water partition coefficient (Wildman–Crippen LogP) is 2.44. The average Bonchev–Trinajstić information content (AvgIpc) is 2.60. The maximum absolute atomic E-state index is 10.9. The van der Waals surface area contributed by atoms with Gasteiger partial charge in [0, 0.05) is 0 Å². The molecular weight excluding hydrogens is 344 g/mol. The summed E-state index contributed by atoms with van der Waals surface area (Å²) in [6, 6.07) is 7.34. The largest absolute Gasteiger partial charge is 0.493 e. The highest BCUT2D eigenvalue weighted by Gasteiger charge is 2.12. The fourth-order valence-corrected chi connectivity index (χ4v) is 2.31. The van der Waals surface area contributed by atoms with Crippen molar-refractivity contribution < 1.29 is 22.2 Å². The summed E-state index contributed by atoms with van der Waals surface area (Å²) in [7, 11) is -0.606. The smallest absolute Gasteiger partial charge is 0.325 e. The molecular formula is C17H16N2O5S. The number of nitrogens with zero attached hydrogens (tertiary/aromatic N) is 2. The molecule has 0 unspecified atom stereocenters. The number of hydrogen-bond acceptors (Lipinski definition) is 7. The molecule has 1 aromatic carbocycles. The molecule has 25 heavy (non-hydrogen) atoms. The van der Waals surface area contributed by atoms with E-state index in [9.17, 15) is 13.7 Å². The third-order valence-electron chi connectivity index (χ3n) is 3.22. The molecule has 8 heteroatoms. The molecule has 0 bridgehead atoms. The minimum atomic E-state index is -3.66. The lowest BCUT2D eigenvalue weighted by atomic mass is 9.97. The van der Waals surface area contributed by atoms with Gasteiger partial charge in [0.1, 0.15) is 11.8 Å². The number of ether oxygens (including phenoxy) is 2. The van der Waals surface area contributed by atoms with Gasteiger partial charge < -0.3 is 9.47 Å². The van der Waals surface area contributed by atoms with Gasteiger partial charge in [-0.1, -0.05) is 17.3 Å². The van der Waals surface area contributed by atoms with Crippen molar-refractivity contribution in [2.24, 2.45) is 5.16 Å². The molecule has 1 aliphatic rings. The van der Waals surface area contributed by atoms with Gasteiger partial charge in [0.25, 0.3) is 0 Å². The molecule has 130 valence electrons. The molecule has 7 nitrogen and oxygen atoms in total. The van der Waals surface area contributed by atoms with Crippen LogP contribution < -0.4 is 9.47 Å². The van der Waals surface area contributed by atoms with Crippen LogP contribution in [0.25, 0.3) is 5.57 Å². The van der Waals surface area contributed by atoms with Crippen LogP contribution >= 0.6 is 0 Å². The normalized spacial score (nSPS) is 13.2. The van der Waals surface area contributed by atoms with Crippen LogP contribution in [-0.4, -0.2) is 34.6 Å². The minimum absolute atomic E-state index is 0.318. The molecule has 0 radical (unpaired) electrons. The van der Waals surface area contributed by atoms with Crippen LogP contribution in [0.2, 0.25) is 0 Å². The summed E-state index contributed by atoms with van der Waals surface area (Å²) in [6.45, 7) is 0. The van der Waals surface area contributed by atoms with Crippen molar-refractivity contribution in [3.05, 3.63) is 53.6 Å². The quantitative estimate of drug-likeness (QED) is 0.591. The Morgan fingerprint density at radius 1 is 1.08 bits per heavy atom. The molecule has 1 aromatic rings. The van der Waals surface area contributed by atoms with E-state index in [-0.39, 0.29) is 0 Å². The highest BCUT2D eigenvalue weighted by atomic mass is 32.2. The highest BCUT2D eigenvalue weighted by molar-refractivity contribution is 7.85. The Labute approximate surface area is 146 Å². The van der Waals surface area contributed by atoms with Crippen molar-refractivity contribution in [2.75, 3.05) is 20.5 Å². The average molecular weight is 360 g/mol. The van der Waals surface area contributed by atoms with Crippen molar-refractivity contribution >= 4 is 21.4 Å². The van der Waals surface area contributed by atoms with Crippen molar-refractivity contribution in [2.45, 2.75) is 0 Å². The predicted molar refractivity (Wildman–Crippen MR) is 93.7 cm³/mol. The van der Waals surface area contributed by atoms with Gasteiger partial charge in [-0.05, 0) is 41.5 Å². The lowest BCUT2D eigenvalue weighted by Crippen LogP contribution is -2.02. The third kappa shape index (κ3) is 4.71. The third-order valence-corrected chi connectivity index (χ3v) is 3.56. The van der Waals surface area contributed by atoms with E-state index in [0.717, 1.165) is 6.26 Å². The second-order valence-electron chi connectivity index (χ2n) is 4.97. The van der Waals surface area contributed by atoms with Crippen LogP contribution in [0.4, 0.5) is 0 Å². The first-order valence-corrected chi connectivity index (χ1v) is 8.89. The topological polar surface area (TPSA) is 98.0 Å². The number of methoxy groups -OCH3 is 2. The van der Waals surface area contributed by atoms with E-state index >= 15 is 0 Å². The van der Waals surface area contributed by atoms with Crippen LogP contribution in [0.1, 0.15) is 5.56 Å². The van der Waals surface area contributed by atoms with Gasteiger partial charge >= 0.3 is 10.1 Å². The molecule has 1 aliphatic carbocycles. The van der Waals surface area contributed by atoms with Crippen molar-refractivity contribution in [3.63, 3.8) is 0 Å². The summed E-state index contributed by atoms with van der Waals surface area (Å²) >= 11 is 0. The number of allylic oxidation sites excluding steroid dienone is 6. The van der Waals surface area contributed by atoms with Crippen molar-refractivity contribution in [3.8, 4) is 17.6 Å². The minimum Gasteiger partial charge on any atom is -0.493 e. The Balaban J connectivity index is 2.36. The summed E-state index contributed by atoms with van der Waals surface area (Å²) in [5.41, 5.74) is 2.06. The molecule has 0 aliphatic heterocycles. The zero-order valence-corrected chi connectivity index (χ0v) is 14.7. The van der Waals surface area contributed by atoms with E-state index in [1.165, 1.54) is 14.2 Å². The summed E-state index contributed by atoms with van der Waals surface area (Å²) in [5.74, 6) is 1.08. The molecule has 0 spiro atoms. The maximum atomic E-state index is 10.9. The molecule has 0 saturated heterocycles. The van der Waals surface area contributed by atoms with E-state index in [1.54, 1.807) is 42.5 Å². The second kappa shape index (κ2) is 7.68. The maximum Gasteiger partial charge on any atom is 0.325 e. The lowest BCUT2D eigenvalue weighted by molar-refractivity contribution is 0.344. The Morgan fingerprint density at radius 3 is 2.24 bits per heavy atom. The SMILES string of the molecule is COc1ccc(C(C#N)=C2C=CC(=NOS(C)(=O)=O)C=C2)cc1OC. The second-order valence-corrected chi connectivity index (χ2v) is 6.53. The van der Waals surface area contributed by atoms with Gasteiger partial charge in [-0.2, -0.15) is 13.7 Å². The number of rotatable bonds is 5. The Morgan fingerprint density at radius 2 is 1.72 bits per heavy atom. The number of hydrogen-bond donors (Lipinski definition) is 0. The van der Waals surface area contributed by atoms with E-state index in [0.29, 0.717) is 33.9 Å². The zero-order chi connectivity index (χ0) is 18.4. The van der Waals surface area contributed by atoms with Gasteiger partial charge in [0.15, 0.2) is 11.5 Å². The molecule has 0 heterocycles. The lowest BCUT2D eigenvalue weighted by Gasteiger charge is -2.11. The first-order valence-electron chi connectivity index (χ1n) is 7.07. The Kier molecular flexibility index (Phi) is 5.62. The first-order chi connectivity index (χ1) is 11.9. The monoisotopic (exact) mass is 360 g/mol. The van der Waals surface area contributed by atoms with Gasteiger partial charge in [0.2, 0.25) is 0 Å². The zero-order valence-electron chi connectivity index (χ0n) is 13.9. The molecule has 0 N–H and O–H groups in total. The summed E-state index contributed by atoms with van der Waals surface area (Å²) in [6.07, 6.45) is 7.32. The van der Waals surface area contributed by atoms with Gasteiger partial charge in [-0.15, -0.1) is 0 Å². The number of oxime groups is 1. The van der Waals surface area contributed by atoms with E-state index < -0.39 is 10.1 Å². The van der Waals surface area contributed by atoms with Crippen LogP contribution in [0.5, 0.6) is 11.5 Å². The van der Waals surface area contributed by atoms with Gasteiger partial charge in [-0.25, -0.2) is 0 Å². The fraction of sp³-hybridized carbons (Fsp3) is 0.176. The Bertz CT molecular complexity index is 916. The summed E-state index contributed by atoms with van der Waals surface area (Å²) < 4.78 is 36.7. The molecule has 2 rings (SSSR count). The number of nitriles is 1. The Hall–Kier alpha value is -3.05. The van der Waals surface area contributed by atoms with E-state index in [2.05, 4.69) is 15.5 Å². The van der Waals surface area contributed by atoms with E-state index in [1.807, 2.05) is 0 Å². The van der Waals surface area contributed by atoms with Crippen LogP contribution in [0.15, 0.2) is 53.2 Å². The molecule has 0 amide bonds. The summed E-state index contributed by atoms with van der Waals surface area (Å²) in [4.78, 5) is 0. The van der Waals surface area contributed by atoms with Crippen LogP contribution in [0.3, 0.4) is 0 Å². The van der Waals surface area contributed by atoms with Crippen LogP contribution in [0, 0.1) is 11.3 Å². The molecule has 0 saturated carbocycles. The molecule has 0 atom stereocenters. The van der Waals surface area contributed by atoms with Gasteiger partial charge in [0.05, 0.1) is 26.0 Å². The van der Waals surface area contributed by atoms with E-state index in [4.69, 9.17) is 9.47 Å². The molecule has 0 fully saturated rings. The first kappa shape index (κ1) is 18.3. The standard InChI is InChI=1S/C17H16N2O5S/c1-22-16-9-6-13(10-17(16)23-2)15(11-18)12-4-7-14(8-5-12)19-24-25(3,20)21/h4-10H,1-3H3. The summed E-state index contributed by atoms with van der Waals surface area (Å²) in [5, 5.41) is 13.0. The fourth-order valence-electron chi connectivity index (χ4n) is 2.09. The number of benzene rings is 1. The van der Waals surface area contributed by atoms with Crippen LogP contribution in [-0.2, 0) is 14.4 Å². The van der Waals surface area contributed by atoms with Crippen molar-refractivity contribution in [1.82, 2.24) is 0 Å².